The monoisotopic (exact) mass is 522 g/mol. The van der Waals surface area contributed by atoms with Gasteiger partial charge in [-0.05, 0) is 13.8 Å². The molecule has 0 heterocycles. The van der Waals surface area contributed by atoms with Crippen LogP contribution in [0.2, 0.25) is 0 Å². The first-order valence-corrected chi connectivity index (χ1v) is 11.5. The van der Waals surface area contributed by atoms with Gasteiger partial charge in [0.15, 0.2) is 0 Å². The summed E-state index contributed by atoms with van der Waals surface area (Å²) in [6.45, 7) is 12.8. The van der Waals surface area contributed by atoms with Crippen molar-refractivity contribution in [2.75, 3.05) is 104 Å². The summed E-state index contributed by atoms with van der Waals surface area (Å²) in [4.78, 5) is 0. The summed E-state index contributed by atoms with van der Waals surface area (Å²) in [5.41, 5.74) is 0. The van der Waals surface area contributed by atoms with Gasteiger partial charge in [0.25, 0.3) is 0 Å². The van der Waals surface area contributed by atoms with Gasteiger partial charge in [-0.2, -0.15) is 0 Å². The van der Waals surface area contributed by atoms with E-state index >= 15 is 0 Å². The van der Waals surface area contributed by atoms with Gasteiger partial charge in [0.2, 0.25) is 0 Å². The fraction of sp³-hybridized carbons (Fsp3) is 1.00. The molecule has 0 aromatic carbocycles. The van der Waals surface area contributed by atoms with E-state index in [1.54, 1.807) is 0 Å². The highest BCUT2D eigenvalue weighted by atomic mass is 127. The highest BCUT2D eigenvalue weighted by Gasteiger charge is 1.95. The molecular formula is C19H39IO8. The zero-order valence-electron chi connectivity index (χ0n) is 17.5. The lowest BCUT2D eigenvalue weighted by Gasteiger charge is -2.09. The van der Waals surface area contributed by atoms with Crippen LogP contribution in [0.15, 0.2) is 0 Å². The summed E-state index contributed by atoms with van der Waals surface area (Å²) in [5, 5.41) is 0. The maximum Gasteiger partial charge on any atom is 0.0703 e. The third-order valence-electron chi connectivity index (χ3n) is 3.13. The van der Waals surface area contributed by atoms with Gasteiger partial charge in [-0.3, -0.25) is 0 Å². The molecule has 0 fully saturated rings. The van der Waals surface area contributed by atoms with Gasteiger partial charge in [-0.25, -0.2) is 0 Å². The SMILES string of the molecule is CC(C)OCCOCCOCCOCCOCCOCCOCCOCCI. The molecule has 8 nitrogen and oxygen atoms in total. The first-order chi connectivity index (χ1) is 13.8. The molecule has 9 heteroatoms. The predicted octanol–water partition coefficient (Wildman–Crippen LogP) is 1.96. The van der Waals surface area contributed by atoms with Gasteiger partial charge in [0.05, 0.1) is 105 Å². The molecule has 0 N–H and O–H groups in total. The number of hydrogen-bond acceptors (Lipinski definition) is 8. The molecule has 0 amide bonds. The van der Waals surface area contributed by atoms with E-state index in [9.17, 15) is 0 Å². The molecule has 0 spiro atoms. The van der Waals surface area contributed by atoms with Crippen LogP contribution in [0.25, 0.3) is 0 Å². The highest BCUT2D eigenvalue weighted by Crippen LogP contribution is 1.88. The van der Waals surface area contributed by atoms with Crippen LogP contribution >= 0.6 is 22.6 Å². The molecule has 0 aliphatic carbocycles. The second-order valence-electron chi connectivity index (χ2n) is 5.90. The molecule has 0 aromatic heterocycles. The lowest BCUT2D eigenvalue weighted by molar-refractivity contribution is -0.0253. The first-order valence-electron chi connectivity index (χ1n) is 9.99. The number of ether oxygens (including phenoxy) is 8. The van der Waals surface area contributed by atoms with Crippen molar-refractivity contribution in [3.05, 3.63) is 0 Å². The predicted molar refractivity (Wildman–Crippen MR) is 116 cm³/mol. The molecular weight excluding hydrogens is 483 g/mol. The quantitative estimate of drug-likeness (QED) is 0.108. The molecule has 0 aromatic rings. The first kappa shape index (κ1) is 28.4. The van der Waals surface area contributed by atoms with Crippen LogP contribution < -0.4 is 0 Å². The number of alkyl halides is 1. The van der Waals surface area contributed by atoms with Crippen LogP contribution in [-0.4, -0.2) is 110 Å². The Bertz CT molecular complexity index is 285. The van der Waals surface area contributed by atoms with E-state index in [0.717, 1.165) is 11.0 Å². The van der Waals surface area contributed by atoms with Crippen LogP contribution in [0.5, 0.6) is 0 Å². The standard InChI is InChI=1S/C19H39IO8/c1-19(2)28-18-17-27-16-15-26-14-13-25-12-11-24-10-9-23-8-7-22-6-5-21-4-3-20/h19H,3-18H2,1-2H3. The lowest BCUT2D eigenvalue weighted by atomic mass is 10.5. The Morgan fingerprint density at radius 3 is 0.929 bits per heavy atom. The van der Waals surface area contributed by atoms with Crippen molar-refractivity contribution >= 4 is 22.6 Å². The largest absolute Gasteiger partial charge is 0.378 e. The topological polar surface area (TPSA) is 73.8 Å². The molecule has 0 aliphatic rings. The molecule has 170 valence electrons. The third kappa shape index (κ3) is 26.4. The molecule has 0 rings (SSSR count). The maximum atomic E-state index is 5.42. The third-order valence-corrected chi connectivity index (χ3v) is 3.57. The van der Waals surface area contributed by atoms with Crippen molar-refractivity contribution in [2.24, 2.45) is 0 Å². The van der Waals surface area contributed by atoms with E-state index in [0.29, 0.717) is 92.5 Å². The smallest absolute Gasteiger partial charge is 0.0703 e. The Balaban J connectivity index is 2.98. The normalized spacial score (nSPS) is 11.6. The summed E-state index contributed by atoms with van der Waals surface area (Å²) in [6, 6.07) is 0. The van der Waals surface area contributed by atoms with E-state index in [4.69, 9.17) is 37.9 Å². The van der Waals surface area contributed by atoms with E-state index in [1.807, 2.05) is 13.8 Å². The average molecular weight is 522 g/mol. The minimum Gasteiger partial charge on any atom is -0.378 e. The lowest BCUT2D eigenvalue weighted by Crippen LogP contribution is -2.15. The maximum absolute atomic E-state index is 5.42. The van der Waals surface area contributed by atoms with Gasteiger partial charge in [-0.15, -0.1) is 0 Å². The molecule has 0 saturated carbocycles. The summed E-state index contributed by atoms with van der Waals surface area (Å²) < 4.78 is 44.1. The summed E-state index contributed by atoms with van der Waals surface area (Å²) in [7, 11) is 0. The van der Waals surface area contributed by atoms with E-state index < -0.39 is 0 Å². The molecule has 0 saturated heterocycles. The van der Waals surface area contributed by atoms with Gasteiger partial charge >= 0.3 is 0 Å². The van der Waals surface area contributed by atoms with Crippen molar-refractivity contribution in [2.45, 2.75) is 20.0 Å². The van der Waals surface area contributed by atoms with Crippen molar-refractivity contribution in [3.63, 3.8) is 0 Å². The number of hydrogen-bond donors (Lipinski definition) is 0. The van der Waals surface area contributed by atoms with Crippen molar-refractivity contribution in [3.8, 4) is 0 Å². The van der Waals surface area contributed by atoms with Gasteiger partial charge in [0.1, 0.15) is 0 Å². The van der Waals surface area contributed by atoms with Crippen LogP contribution in [0, 0.1) is 0 Å². The molecule has 0 bridgehead atoms. The summed E-state index contributed by atoms with van der Waals surface area (Å²) in [6.07, 6.45) is 0.244. The summed E-state index contributed by atoms with van der Waals surface area (Å²) >= 11 is 2.28. The second-order valence-corrected chi connectivity index (χ2v) is 6.97. The minimum atomic E-state index is 0.244. The van der Waals surface area contributed by atoms with Crippen LogP contribution in [-0.2, 0) is 37.9 Å². The van der Waals surface area contributed by atoms with Gasteiger partial charge < -0.3 is 37.9 Å². The Kier molecular flexibility index (Phi) is 25.8. The zero-order chi connectivity index (χ0) is 20.5. The van der Waals surface area contributed by atoms with Crippen LogP contribution in [0.3, 0.4) is 0 Å². The zero-order valence-corrected chi connectivity index (χ0v) is 19.7. The molecule has 0 radical (unpaired) electrons. The van der Waals surface area contributed by atoms with Crippen molar-refractivity contribution in [1.29, 1.82) is 0 Å². The molecule has 0 aliphatic heterocycles. The van der Waals surface area contributed by atoms with E-state index in [1.165, 1.54) is 0 Å². The fourth-order valence-corrected chi connectivity index (χ4v) is 2.13. The Labute approximate surface area is 183 Å². The van der Waals surface area contributed by atoms with Crippen molar-refractivity contribution < 1.29 is 37.9 Å². The number of halogens is 1. The van der Waals surface area contributed by atoms with Crippen LogP contribution in [0.1, 0.15) is 13.8 Å². The summed E-state index contributed by atoms with van der Waals surface area (Å²) in [5.74, 6) is 0. The molecule has 0 atom stereocenters. The molecule has 0 unspecified atom stereocenters. The van der Waals surface area contributed by atoms with Crippen LogP contribution in [0.4, 0.5) is 0 Å². The van der Waals surface area contributed by atoms with E-state index in [2.05, 4.69) is 22.6 Å². The van der Waals surface area contributed by atoms with E-state index in [-0.39, 0.29) is 6.10 Å². The highest BCUT2D eigenvalue weighted by molar-refractivity contribution is 14.1. The van der Waals surface area contributed by atoms with Gasteiger partial charge in [0, 0.05) is 4.43 Å². The second kappa shape index (κ2) is 25.4. The van der Waals surface area contributed by atoms with Gasteiger partial charge in [-0.1, -0.05) is 22.6 Å². The number of rotatable bonds is 24. The Morgan fingerprint density at radius 1 is 0.429 bits per heavy atom. The molecule has 28 heavy (non-hydrogen) atoms. The minimum absolute atomic E-state index is 0.244. The Hall–Kier alpha value is 0.410. The fourth-order valence-electron chi connectivity index (χ4n) is 1.82. The Morgan fingerprint density at radius 2 is 0.679 bits per heavy atom. The average Bonchev–Trinajstić information content (AvgIpc) is 2.68. The van der Waals surface area contributed by atoms with Crippen molar-refractivity contribution in [1.82, 2.24) is 0 Å².